The first-order chi connectivity index (χ1) is 15.8. The van der Waals surface area contributed by atoms with E-state index in [1.807, 2.05) is 0 Å². The van der Waals surface area contributed by atoms with Crippen molar-refractivity contribution in [2.24, 2.45) is 5.73 Å². The zero-order chi connectivity index (χ0) is 23.5. The van der Waals surface area contributed by atoms with E-state index >= 15 is 0 Å². The molecule has 0 atom stereocenters. The second kappa shape index (κ2) is 9.12. The molecule has 3 heterocycles. The fourth-order valence-corrected chi connectivity index (χ4v) is 3.84. The first kappa shape index (κ1) is 22.0. The van der Waals surface area contributed by atoms with E-state index in [1.54, 1.807) is 31.2 Å². The topological polar surface area (TPSA) is 144 Å². The van der Waals surface area contributed by atoms with E-state index < -0.39 is 17.7 Å². The number of primary amides is 1. The number of hydrogen-bond acceptors (Lipinski definition) is 7. The van der Waals surface area contributed by atoms with Crippen LogP contribution in [0.5, 0.6) is 0 Å². The van der Waals surface area contributed by atoms with Crippen LogP contribution in [0.3, 0.4) is 0 Å². The van der Waals surface area contributed by atoms with Crippen molar-refractivity contribution in [3.63, 3.8) is 0 Å². The van der Waals surface area contributed by atoms with Crippen LogP contribution in [0.15, 0.2) is 42.7 Å². The van der Waals surface area contributed by atoms with Gasteiger partial charge < -0.3 is 16.4 Å². The number of aryl methyl sites for hydroxylation is 1. The summed E-state index contributed by atoms with van der Waals surface area (Å²) < 4.78 is 14.7. The van der Waals surface area contributed by atoms with Crippen LogP contribution >= 0.6 is 11.3 Å². The summed E-state index contributed by atoms with van der Waals surface area (Å²) in [6, 6.07) is 9.13. The highest BCUT2D eigenvalue weighted by Gasteiger charge is 2.18. The van der Waals surface area contributed by atoms with Crippen molar-refractivity contribution in [1.29, 1.82) is 0 Å². The first-order valence-electron chi connectivity index (χ1n) is 9.72. The summed E-state index contributed by atoms with van der Waals surface area (Å²) >= 11 is 1.17. The van der Waals surface area contributed by atoms with Crippen LogP contribution in [0.25, 0.3) is 5.78 Å². The van der Waals surface area contributed by atoms with Crippen molar-refractivity contribution < 1.29 is 18.8 Å². The van der Waals surface area contributed by atoms with E-state index in [-0.39, 0.29) is 36.1 Å². The lowest BCUT2D eigenvalue weighted by Gasteiger charge is -2.09. The monoisotopic (exact) mass is 467 g/mol. The fraction of sp³-hybridized carbons (Fsp3) is 0.143. The molecule has 0 spiro atoms. The number of thiophene rings is 1. The number of amides is 3. The number of nitrogens with zero attached hydrogens (tertiary/aromatic N) is 4. The molecule has 3 amide bonds. The van der Waals surface area contributed by atoms with Crippen molar-refractivity contribution in [1.82, 2.24) is 30.2 Å². The zero-order valence-corrected chi connectivity index (χ0v) is 18.1. The summed E-state index contributed by atoms with van der Waals surface area (Å²) in [5.41, 5.74) is 6.48. The standard InChI is InChI=1S/C21H18FN7O3S/c1-11-6-12(2-4-14(11)22)8-24-19(31)15-7-16(29-21(28-15)26-10-27-29)20(32)25-9-13-3-5-17(33-13)18(23)30/h2-7,10H,8-9H2,1H3,(H2,23,30)(H,24,31)(H,25,32). The summed E-state index contributed by atoms with van der Waals surface area (Å²) in [5, 5.41) is 9.41. The predicted molar refractivity (Wildman–Crippen MR) is 117 cm³/mol. The third-order valence-electron chi connectivity index (χ3n) is 4.72. The molecule has 0 unspecified atom stereocenters. The number of nitrogens with one attached hydrogen (secondary N) is 2. The van der Waals surface area contributed by atoms with Crippen LogP contribution < -0.4 is 16.4 Å². The van der Waals surface area contributed by atoms with Crippen LogP contribution in [0.4, 0.5) is 4.39 Å². The fourth-order valence-electron chi connectivity index (χ4n) is 3.04. The van der Waals surface area contributed by atoms with Crippen LogP contribution in [0.2, 0.25) is 0 Å². The third kappa shape index (κ3) is 4.85. The summed E-state index contributed by atoms with van der Waals surface area (Å²) in [6.07, 6.45) is 1.22. The summed E-state index contributed by atoms with van der Waals surface area (Å²) in [7, 11) is 0. The van der Waals surface area contributed by atoms with Gasteiger partial charge in [0.25, 0.3) is 23.5 Å². The van der Waals surface area contributed by atoms with Crippen LogP contribution in [0, 0.1) is 12.7 Å². The molecule has 10 nitrogen and oxygen atoms in total. The lowest BCUT2D eigenvalue weighted by Crippen LogP contribution is -2.28. The molecule has 168 valence electrons. The molecular formula is C21H18FN7O3S. The molecule has 1 aromatic carbocycles. The zero-order valence-electron chi connectivity index (χ0n) is 17.3. The van der Waals surface area contributed by atoms with E-state index in [4.69, 9.17) is 5.73 Å². The molecule has 0 saturated carbocycles. The van der Waals surface area contributed by atoms with E-state index in [1.165, 1.54) is 34.3 Å². The van der Waals surface area contributed by atoms with Gasteiger partial charge in [-0.2, -0.15) is 14.6 Å². The number of carbonyl (C=O) groups excluding carboxylic acids is 3. The molecule has 4 aromatic rings. The quantitative estimate of drug-likeness (QED) is 0.376. The van der Waals surface area contributed by atoms with Gasteiger partial charge in [-0.1, -0.05) is 12.1 Å². The molecule has 0 fully saturated rings. The van der Waals surface area contributed by atoms with Gasteiger partial charge in [0.05, 0.1) is 11.4 Å². The van der Waals surface area contributed by atoms with E-state index in [0.29, 0.717) is 10.4 Å². The SMILES string of the molecule is Cc1cc(CNC(=O)c2cc(C(=O)NCc3ccc(C(N)=O)s3)n3ncnc3n2)ccc1F. The Labute approximate surface area is 190 Å². The molecule has 4 N–H and O–H groups in total. The molecule has 0 saturated heterocycles. The highest BCUT2D eigenvalue weighted by atomic mass is 32.1. The molecule has 0 aliphatic carbocycles. The average molecular weight is 467 g/mol. The largest absolute Gasteiger partial charge is 0.365 e. The molecule has 33 heavy (non-hydrogen) atoms. The van der Waals surface area contributed by atoms with Gasteiger partial charge in [-0.3, -0.25) is 14.4 Å². The van der Waals surface area contributed by atoms with Crippen LogP contribution in [-0.4, -0.2) is 37.3 Å². The summed E-state index contributed by atoms with van der Waals surface area (Å²) in [6.45, 7) is 1.94. The molecule has 0 aliphatic rings. The van der Waals surface area contributed by atoms with Crippen LogP contribution in [0.1, 0.15) is 46.7 Å². The normalized spacial score (nSPS) is 10.8. The van der Waals surface area contributed by atoms with Gasteiger partial charge in [0.2, 0.25) is 0 Å². The highest BCUT2D eigenvalue weighted by Crippen LogP contribution is 2.16. The number of halogens is 1. The minimum atomic E-state index is -0.539. The van der Waals surface area contributed by atoms with Gasteiger partial charge >= 0.3 is 0 Å². The van der Waals surface area contributed by atoms with E-state index in [9.17, 15) is 18.8 Å². The van der Waals surface area contributed by atoms with Gasteiger partial charge in [0.15, 0.2) is 0 Å². The van der Waals surface area contributed by atoms with Crippen molar-refractivity contribution in [2.75, 3.05) is 0 Å². The van der Waals surface area contributed by atoms with Gasteiger partial charge in [0.1, 0.15) is 23.5 Å². The van der Waals surface area contributed by atoms with Gasteiger partial charge in [-0.05, 0) is 36.2 Å². The Balaban J connectivity index is 1.50. The maximum Gasteiger partial charge on any atom is 0.270 e. The summed E-state index contributed by atoms with van der Waals surface area (Å²) in [4.78, 5) is 46.0. The Morgan fingerprint density at radius 2 is 1.88 bits per heavy atom. The maximum atomic E-state index is 13.4. The number of nitrogens with two attached hydrogens (primary N) is 1. The number of carbonyl (C=O) groups is 3. The van der Waals surface area contributed by atoms with Gasteiger partial charge in [-0.25, -0.2) is 9.37 Å². The molecule has 0 bridgehead atoms. The lowest BCUT2D eigenvalue weighted by molar-refractivity contribution is 0.0941. The summed E-state index contributed by atoms with van der Waals surface area (Å²) in [5.74, 6) is -1.82. The lowest BCUT2D eigenvalue weighted by atomic mass is 10.1. The average Bonchev–Trinajstić information content (AvgIpc) is 3.47. The maximum absolute atomic E-state index is 13.4. The second-order valence-corrected chi connectivity index (χ2v) is 8.25. The van der Waals surface area contributed by atoms with Crippen molar-refractivity contribution in [2.45, 2.75) is 20.0 Å². The number of aromatic nitrogens is 4. The van der Waals surface area contributed by atoms with Gasteiger partial charge in [-0.15, -0.1) is 11.3 Å². The van der Waals surface area contributed by atoms with E-state index in [0.717, 1.165) is 10.4 Å². The highest BCUT2D eigenvalue weighted by molar-refractivity contribution is 7.14. The molecule has 12 heteroatoms. The molecule has 0 radical (unpaired) electrons. The smallest absolute Gasteiger partial charge is 0.270 e. The van der Waals surface area contributed by atoms with Gasteiger partial charge in [0, 0.05) is 17.5 Å². The number of benzene rings is 1. The van der Waals surface area contributed by atoms with Crippen molar-refractivity contribution >= 4 is 34.8 Å². The minimum absolute atomic E-state index is 0.0216. The first-order valence-corrected chi connectivity index (χ1v) is 10.5. The molecular weight excluding hydrogens is 449 g/mol. The Hall–Kier alpha value is -4.19. The molecule has 3 aromatic heterocycles. The van der Waals surface area contributed by atoms with Crippen molar-refractivity contribution in [3.8, 4) is 0 Å². The predicted octanol–water partition coefficient (Wildman–Crippen LogP) is 1.59. The van der Waals surface area contributed by atoms with E-state index in [2.05, 4.69) is 25.7 Å². The Kier molecular flexibility index (Phi) is 6.09. The Bertz CT molecular complexity index is 1380. The minimum Gasteiger partial charge on any atom is -0.365 e. The number of hydrogen-bond donors (Lipinski definition) is 3. The second-order valence-electron chi connectivity index (χ2n) is 7.08. The van der Waals surface area contributed by atoms with Crippen molar-refractivity contribution in [3.05, 3.63) is 80.8 Å². The van der Waals surface area contributed by atoms with Crippen LogP contribution in [-0.2, 0) is 13.1 Å². The molecule has 4 rings (SSSR count). The third-order valence-corrected chi connectivity index (χ3v) is 5.82. The Morgan fingerprint density at radius 3 is 2.61 bits per heavy atom. The number of fused-ring (bicyclic) bond motifs is 1. The Morgan fingerprint density at radius 1 is 1.09 bits per heavy atom. The number of rotatable bonds is 7. The molecule has 0 aliphatic heterocycles.